The minimum atomic E-state index is -3.37. The first kappa shape index (κ1) is 17.4. The molecule has 0 saturated carbocycles. The van der Waals surface area contributed by atoms with Crippen LogP contribution >= 0.6 is 39.7 Å². The molecule has 1 aromatic rings. The molecule has 0 amide bonds. The monoisotopic (exact) mass is 388 g/mol. The van der Waals surface area contributed by atoms with E-state index in [4.69, 9.17) is 5.73 Å². The molecule has 0 aromatic carbocycles. The molecule has 8 heteroatoms. The highest BCUT2D eigenvalue weighted by atomic mass is 79.9. The van der Waals surface area contributed by atoms with Crippen molar-refractivity contribution in [1.82, 2.24) is 4.31 Å². The maximum atomic E-state index is 12.6. The lowest BCUT2D eigenvalue weighted by Gasteiger charge is -2.34. The predicted octanol–water partition coefficient (Wildman–Crippen LogP) is 2.82. The van der Waals surface area contributed by atoms with Gasteiger partial charge in [0.15, 0.2) is 0 Å². The van der Waals surface area contributed by atoms with Crippen LogP contribution in [0.4, 0.5) is 0 Å². The fourth-order valence-corrected chi connectivity index (χ4v) is 6.49. The Morgan fingerprint density at radius 3 is 2.79 bits per heavy atom. The summed E-state index contributed by atoms with van der Waals surface area (Å²) in [5.74, 6) is 0. The smallest absolute Gasteiger partial charge is 0.253 e. The van der Waals surface area contributed by atoms with E-state index in [1.54, 1.807) is 15.8 Å². The van der Waals surface area contributed by atoms with Crippen LogP contribution < -0.4 is 5.73 Å². The molecule has 19 heavy (non-hydrogen) atoms. The van der Waals surface area contributed by atoms with Gasteiger partial charge in [-0.25, -0.2) is 8.42 Å². The van der Waals surface area contributed by atoms with E-state index in [-0.39, 0.29) is 18.4 Å². The number of thiophene rings is 1. The van der Waals surface area contributed by atoms with Crippen LogP contribution in [0.3, 0.4) is 0 Å². The van der Waals surface area contributed by atoms with Crippen molar-refractivity contribution in [3.8, 4) is 0 Å². The predicted molar refractivity (Wildman–Crippen MR) is 84.5 cm³/mol. The normalized spacial score (nSPS) is 21.1. The van der Waals surface area contributed by atoms with Gasteiger partial charge in [-0.05, 0) is 53.2 Å². The number of piperidine rings is 1. The van der Waals surface area contributed by atoms with E-state index in [0.29, 0.717) is 21.8 Å². The van der Waals surface area contributed by atoms with E-state index in [1.807, 2.05) is 0 Å². The first-order valence-corrected chi connectivity index (χ1v) is 9.13. The number of nitrogens with two attached hydrogens (primary N) is 1. The number of sulfonamides is 1. The molecule has 1 fully saturated rings. The van der Waals surface area contributed by atoms with Gasteiger partial charge >= 0.3 is 0 Å². The number of hydrogen-bond acceptors (Lipinski definition) is 4. The summed E-state index contributed by atoms with van der Waals surface area (Å²) in [7, 11) is -3.37. The Labute approximate surface area is 133 Å². The summed E-state index contributed by atoms with van der Waals surface area (Å²) in [6, 6.07) is 1.84. The van der Waals surface area contributed by atoms with Gasteiger partial charge in [-0.3, -0.25) is 0 Å². The van der Waals surface area contributed by atoms with Gasteiger partial charge in [-0.1, -0.05) is 6.42 Å². The molecule has 4 nitrogen and oxygen atoms in total. The van der Waals surface area contributed by atoms with Crippen molar-refractivity contribution in [3.63, 3.8) is 0 Å². The first-order chi connectivity index (χ1) is 8.57. The summed E-state index contributed by atoms with van der Waals surface area (Å²) in [5, 5.41) is 1.79. The third kappa shape index (κ3) is 3.71. The molecule has 2 heterocycles. The summed E-state index contributed by atoms with van der Waals surface area (Å²) < 4.78 is 27.9. The van der Waals surface area contributed by atoms with Crippen molar-refractivity contribution in [2.75, 3.05) is 13.1 Å². The van der Waals surface area contributed by atoms with Gasteiger partial charge in [0.1, 0.15) is 4.21 Å². The summed E-state index contributed by atoms with van der Waals surface area (Å²) >= 11 is 4.57. The molecule has 1 atom stereocenters. The Morgan fingerprint density at radius 2 is 2.21 bits per heavy atom. The quantitative estimate of drug-likeness (QED) is 0.861. The molecule has 0 bridgehead atoms. The minimum absolute atomic E-state index is 0. The van der Waals surface area contributed by atoms with E-state index >= 15 is 0 Å². The zero-order valence-corrected chi connectivity index (χ0v) is 14.5. The highest BCUT2D eigenvalue weighted by Gasteiger charge is 2.34. The number of rotatable bonds is 4. The lowest BCUT2D eigenvalue weighted by Crippen LogP contribution is -2.44. The Morgan fingerprint density at radius 1 is 1.47 bits per heavy atom. The molecule has 110 valence electrons. The highest BCUT2D eigenvalue weighted by molar-refractivity contribution is 9.10. The third-order valence-corrected chi connectivity index (χ3v) is 7.80. The van der Waals surface area contributed by atoms with Crippen molar-refractivity contribution in [1.29, 1.82) is 0 Å². The lowest BCUT2D eigenvalue weighted by atomic mass is 10.0. The van der Waals surface area contributed by atoms with E-state index in [9.17, 15) is 8.42 Å². The van der Waals surface area contributed by atoms with Crippen LogP contribution in [0.25, 0.3) is 0 Å². The van der Waals surface area contributed by atoms with Gasteiger partial charge in [0, 0.05) is 17.1 Å². The Bertz CT molecular complexity index is 505. The third-order valence-electron chi connectivity index (χ3n) is 3.20. The van der Waals surface area contributed by atoms with Crippen molar-refractivity contribution >= 4 is 49.7 Å². The van der Waals surface area contributed by atoms with Gasteiger partial charge < -0.3 is 5.73 Å². The minimum Gasteiger partial charge on any atom is -0.330 e. The van der Waals surface area contributed by atoms with Gasteiger partial charge in [0.2, 0.25) is 0 Å². The van der Waals surface area contributed by atoms with Crippen LogP contribution in [0, 0.1) is 0 Å². The fourth-order valence-electron chi connectivity index (χ4n) is 2.34. The molecule has 2 N–H and O–H groups in total. The fraction of sp³-hybridized carbons (Fsp3) is 0.636. The van der Waals surface area contributed by atoms with E-state index in [2.05, 4.69) is 15.9 Å². The second kappa shape index (κ2) is 7.38. The molecule has 1 unspecified atom stereocenters. The van der Waals surface area contributed by atoms with Crippen LogP contribution in [0.2, 0.25) is 0 Å². The summed E-state index contributed by atoms with van der Waals surface area (Å²) in [6.45, 7) is 1.14. The van der Waals surface area contributed by atoms with Crippen molar-refractivity contribution < 1.29 is 8.42 Å². The van der Waals surface area contributed by atoms with Crippen molar-refractivity contribution in [3.05, 3.63) is 15.9 Å². The average Bonchev–Trinajstić information content (AvgIpc) is 2.77. The molecule has 1 saturated heterocycles. The molecule has 2 rings (SSSR count). The van der Waals surface area contributed by atoms with Crippen LogP contribution in [0.5, 0.6) is 0 Å². The van der Waals surface area contributed by atoms with Crippen molar-refractivity contribution in [2.45, 2.75) is 35.9 Å². The van der Waals surface area contributed by atoms with Crippen LogP contribution in [-0.2, 0) is 10.0 Å². The molecular weight excluding hydrogens is 372 g/mol. The Kier molecular flexibility index (Phi) is 6.75. The zero-order chi connectivity index (χ0) is 13.2. The summed E-state index contributed by atoms with van der Waals surface area (Å²) in [5.41, 5.74) is 5.59. The lowest BCUT2D eigenvalue weighted by molar-refractivity contribution is 0.243. The van der Waals surface area contributed by atoms with E-state index in [0.717, 1.165) is 25.7 Å². The molecule has 0 aliphatic carbocycles. The maximum absolute atomic E-state index is 12.6. The van der Waals surface area contributed by atoms with Gasteiger partial charge in [0.05, 0.1) is 0 Å². The largest absolute Gasteiger partial charge is 0.330 e. The number of nitrogens with zero attached hydrogens (tertiary/aromatic N) is 1. The SMILES string of the molecule is Cl.NCCC1CCCCN1S(=O)(=O)c1sccc1Br. The van der Waals surface area contributed by atoms with Crippen molar-refractivity contribution in [2.24, 2.45) is 5.73 Å². The van der Waals surface area contributed by atoms with Gasteiger partial charge in [-0.15, -0.1) is 23.7 Å². The second-order valence-corrected chi connectivity index (χ2v) is 8.25. The van der Waals surface area contributed by atoms with Gasteiger partial charge in [-0.2, -0.15) is 4.31 Å². The highest BCUT2D eigenvalue weighted by Crippen LogP contribution is 2.33. The van der Waals surface area contributed by atoms with Gasteiger partial charge in [0.25, 0.3) is 10.0 Å². The standard InChI is InChI=1S/C11H17BrN2O2S2.ClH/c12-10-5-8-17-11(10)18(15,16)14-7-2-1-3-9(14)4-6-13;/h5,8-9H,1-4,6-7,13H2;1H. The van der Waals surface area contributed by atoms with E-state index in [1.165, 1.54) is 11.3 Å². The number of halogens is 2. The molecule has 1 aliphatic rings. The summed E-state index contributed by atoms with van der Waals surface area (Å²) in [4.78, 5) is 0. The van der Waals surface area contributed by atoms with Crippen LogP contribution in [0.15, 0.2) is 20.1 Å². The topological polar surface area (TPSA) is 63.4 Å². The first-order valence-electron chi connectivity index (χ1n) is 6.02. The van der Waals surface area contributed by atoms with Crippen LogP contribution in [0.1, 0.15) is 25.7 Å². The Hall–Kier alpha value is 0.340. The molecular formula is C11H18BrClN2O2S2. The average molecular weight is 390 g/mol. The molecule has 1 aliphatic heterocycles. The molecule has 1 aromatic heterocycles. The molecule has 0 radical (unpaired) electrons. The number of hydrogen-bond donors (Lipinski definition) is 1. The zero-order valence-electron chi connectivity index (χ0n) is 10.4. The second-order valence-electron chi connectivity index (χ2n) is 4.40. The van der Waals surface area contributed by atoms with Crippen LogP contribution in [-0.4, -0.2) is 31.9 Å². The molecule has 0 spiro atoms. The summed E-state index contributed by atoms with van der Waals surface area (Å²) in [6.07, 6.45) is 3.67. The van der Waals surface area contributed by atoms with E-state index < -0.39 is 10.0 Å². The maximum Gasteiger partial charge on any atom is 0.253 e. The Balaban J connectivity index is 0.00000180.